The lowest BCUT2D eigenvalue weighted by Crippen LogP contribution is -2.71. The Hall–Kier alpha value is -0.300. The molecule has 2 N–H and O–H groups in total. The lowest BCUT2D eigenvalue weighted by atomic mass is 9.37. The second-order valence-corrected chi connectivity index (χ2v) is 13.3. The second-order valence-electron chi connectivity index (χ2n) is 13.3. The molecular formula is C29H49N. The van der Waals surface area contributed by atoms with E-state index in [1.165, 1.54) is 89.9 Å². The Morgan fingerprint density at radius 2 is 1.57 bits per heavy atom. The number of allylic oxidation sites excluding steroid dienone is 2. The molecule has 5 aliphatic carbocycles. The molecule has 0 radical (unpaired) electrons. The van der Waals surface area contributed by atoms with E-state index in [0.717, 1.165) is 23.7 Å². The van der Waals surface area contributed by atoms with Crippen LogP contribution in [-0.2, 0) is 0 Å². The van der Waals surface area contributed by atoms with Gasteiger partial charge in [0, 0.05) is 5.54 Å². The van der Waals surface area contributed by atoms with Crippen LogP contribution in [0.25, 0.3) is 0 Å². The van der Waals surface area contributed by atoms with E-state index in [0.29, 0.717) is 16.2 Å². The molecular weight excluding hydrogens is 362 g/mol. The molecule has 1 unspecified atom stereocenters. The van der Waals surface area contributed by atoms with Gasteiger partial charge in [-0.05, 0) is 111 Å². The minimum Gasteiger partial charge on any atom is -0.324 e. The summed E-state index contributed by atoms with van der Waals surface area (Å²) in [5.41, 5.74) is 12.7. The maximum Gasteiger partial charge on any atom is 0.0245 e. The van der Waals surface area contributed by atoms with E-state index in [9.17, 15) is 0 Å². The summed E-state index contributed by atoms with van der Waals surface area (Å²) in [6.07, 6.45) is 19.7. The molecule has 0 amide bonds. The molecule has 1 heteroatoms. The molecule has 170 valence electrons. The maximum atomic E-state index is 7.70. The minimum atomic E-state index is 0.0658. The Labute approximate surface area is 187 Å². The Morgan fingerprint density at radius 1 is 0.867 bits per heavy atom. The van der Waals surface area contributed by atoms with Gasteiger partial charge in [-0.25, -0.2) is 0 Å². The summed E-state index contributed by atoms with van der Waals surface area (Å²) in [4.78, 5) is 0. The first-order valence-corrected chi connectivity index (χ1v) is 13.7. The second kappa shape index (κ2) is 7.10. The van der Waals surface area contributed by atoms with Gasteiger partial charge in [-0.1, -0.05) is 64.5 Å². The van der Waals surface area contributed by atoms with E-state index >= 15 is 0 Å². The molecule has 0 spiro atoms. The molecule has 5 rings (SSSR count). The molecule has 5 fully saturated rings. The zero-order chi connectivity index (χ0) is 21.4. The summed E-state index contributed by atoms with van der Waals surface area (Å²) in [5, 5.41) is 0. The molecule has 30 heavy (non-hydrogen) atoms. The van der Waals surface area contributed by atoms with Crippen LogP contribution in [0.4, 0.5) is 0 Å². The first-order chi connectivity index (χ1) is 14.2. The van der Waals surface area contributed by atoms with E-state index in [1.807, 2.05) is 0 Å². The van der Waals surface area contributed by atoms with Gasteiger partial charge in [-0.3, -0.25) is 0 Å². The number of nitrogens with two attached hydrogens (primary N) is 1. The van der Waals surface area contributed by atoms with Crippen LogP contribution >= 0.6 is 0 Å². The smallest absolute Gasteiger partial charge is 0.0245 e. The van der Waals surface area contributed by atoms with Crippen molar-refractivity contribution in [3.8, 4) is 0 Å². The number of hydrogen-bond donors (Lipinski definition) is 1. The van der Waals surface area contributed by atoms with Gasteiger partial charge in [0.2, 0.25) is 0 Å². The molecule has 0 bridgehead atoms. The van der Waals surface area contributed by atoms with Crippen molar-refractivity contribution in [2.75, 3.05) is 0 Å². The van der Waals surface area contributed by atoms with Gasteiger partial charge in [0.15, 0.2) is 0 Å². The highest BCUT2D eigenvalue weighted by Gasteiger charge is 2.66. The molecule has 8 atom stereocenters. The van der Waals surface area contributed by atoms with E-state index in [1.54, 1.807) is 11.1 Å². The predicted molar refractivity (Wildman–Crippen MR) is 128 cm³/mol. The molecule has 0 aromatic rings. The maximum absolute atomic E-state index is 7.70. The van der Waals surface area contributed by atoms with Crippen molar-refractivity contribution >= 4 is 0 Å². The highest BCUT2D eigenvalue weighted by molar-refractivity contribution is 5.30. The SMILES string of the molecule is CC[C@H]1CCC[C@]2(C)C3CC[C@]4(C)[C@@H](C(C)=C5CC5)CCC[C@@]4(N)[C@@H]3CC[C@]2(C)C1. The summed E-state index contributed by atoms with van der Waals surface area (Å²) >= 11 is 0. The van der Waals surface area contributed by atoms with E-state index in [4.69, 9.17) is 5.73 Å². The fourth-order valence-corrected chi connectivity index (χ4v) is 10.1. The van der Waals surface area contributed by atoms with Crippen molar-refractivity contribution in [2.45, 2.75) is 130 Å². The van der Waals surface area contributed by atoms with Gasteiger partial charge in [-0.2, -0.15) is 0 Å². The minimum absolute atomic E-state index is 0.0658. The van der Waals surface area contributed by atoms with Crippen LogP contribution in [-0.4, -0.2) is 5.54 Å². The molecule has 0 aromatic carbocycles. The average Bonchev–Trinajstić information content (AvgIpc) is 3.55. The monoisotopic (exact) mass is 411 g/mol. The average molecular weight is 412 g/mol. The summed E-state index contributed by atoms with van der Waals surface area (Å²) in [6, 6.07) is 0. The quantitative estimate of drug-likeness (QED) is 0.457. The number of hydrogen-bond acceptors (Lipinski definition) is 1. The van der Waals surface area contributed by atoms with Gasteiger partial charge in [0.05, 0.1) is 0 Å². The molecule has 0 heterocycles. The van der Waals surface area contributed by atoms with E-state index in [-0.39, 0.29) is 5.54 Å². The lowest BCUT2D eigenvalue weighted by Gasteiger charge is -2.69. The van der Waals surface area contributed by atoms with Crippen molar-refractivity contribution in [3.63, 3.8) is 0 Å². The van der Waals surface area contributed by atoms with Crippen LogP contribution in [0, 0.1) is 39.9 Å². The Morgan fingerprint density at radius 3 is 2.27 bits per heavy atom. The molecule has 0 aliphatic heterocycles. The van der Waals surface area contributed by atoms with Gasteiger partial charge >= 0.3 is 0 Å². The Balaban J connectivity index is 1.50. The predicted octanol–water partition coefficient (Wildman–Crippen LogP) is 8.03. The molecule has 0 aromatic heterocycles. The van der Waals surface area contributed by atoms with E-state index in [2.05, 4.69) is 34.6 Å². The van der Waals surface area contributed by atoms with Crippen LogP contribution in [0.5, 0.6) is 0 Å². The van der Waals surface area contributed by atoms with Crippen molar-refractivity contribution < 1.29 is 0 Å². The highest BCUT2D eigenvalue weighted by Crippen LogP contribution is 2.71. The third kappa shape index (κ3) is 2.82. The van der Waals surface area contributed by atoms with Gasteiger partial charge in [-0.15, -0.1) is 0 Å². The molecule has 5 saturated carbocycles. The van der Waals surface area contributed by atoms with Crippen LogP contribution in [0.1, 0.15) is 125 Å². The Bertz CT molecular complexity index is 716. The summed E-state index contributed by atoms with van der Waals surface area (Å²) < 4.78 is 0. The standard InChI is InChI=1S/C29H49N/c1-6-21-9-7-15-27(4)24-14-18-28(5)23(20(2)22-11-12-22)10-8-16-29(28,30)25(24)13-17-26(27,3)19-21/h21,23-25H,6-19,30H2,1-5H3/t21-,23+,24?,25+,26+,27+,28+,29+/m0/s1. The first-order valence-electron chi connectivity index (χ1n) is 13.7. The zero-order valence-corrected chi connectivity index (χ0v) is 20.8. The van der Waals surface area contributed by atoms with Gasteiger partial charge in [0.25, 0.3) is 0 Å². The summed E-state index contributed by atoms with van der Waals surface area (Å²) in [5.74, 6) is 3.33. The summed E-state index contributed by atoms with van der Waals surface area (Å²) in [7, 11) is 0. The van der Waals surface area contributed by atoms with E-state index < -0.39 is 0 Å². The third-order valence-electron chi connectivity index (χ3n) is 12.4. The Kier molecular flexibility index (Phi) is 5.10. The van der Waals surface area contributed by atoms with Crippen LogP contribution in [0.2, 0.25) is 0 Å². The number of rotatable bonds is 2. The topological polar surface area (TPSA) is 26.0 Å². The van der Waals surface area contributed by atoms with Crippen molar-refractivity contribution in [1.82, 2.24) is 0 Å². The number of fused-ring (bicyclic) bond motifs is 5. The van der Waals surface area contributed by atoms with Crippen molar-refractivity contribution in [3.05, 3.63) is 11.1 Å². The molecule has 0 saturated heterocycles. The molecule has 5 aliphatic rings. The fraction of sp³-hybridized carbons (Fsp3) is 0.931. The van der Waals surface area contributed by atoms with Gasteiger partial charge in [0.1, 0.15) is 0 Å². The first kappa shape index (κ1) is 21.5. The molecule has 1 nitrogen and oxygen atoms in total. The fourth-order valence-electron chi connectivity index (χ4n) is 10.1. The lowest BCUT2D eigenvalue weighted by molar-refractivity contribution is -0.169. The van der Waals surface area contributed by atoms with Crippen molar-refractivity contribution in [2.24, 2.45) is 45.7 Å². The van der Waals surface area contributed by atoms with Crippen LogP contribution < -0.4 is 5.73 Å². The van der Waals surface area contributed by atoms with Gasteiger partial charge < -0.3 is 5.73 Å². The zero-order valence-electron chi connectivity index (χ0n) is 20.8. The summed E-state index contributed by atoms with van der Waals surface area (Å²) in [6.45, 7) is 13.0. The van der Waals surface area contributed by atoms with Crippen molar-refractivity contribution in [1.29, 1.82) is 0 Å². The normalized spacial score (nSPS) is 53.2. The highest BCUT2D eigenvalue weighted by atomic mass is 14.9. The van der Waals surface area contributed by atoms with Crippen LogP contribution in [0.15, 0.2) is 11.1 Å². The van der Waals surface area contributed by atoms with Crippen LogP contribution in [0.3, 0.4) is 0 Å². The largest absolute Gasteiger partial charge is 0.324 e. The third-order valence-corrected chi connectivity index (χ3v) is 12.4.